The largest absolute Gasteiger partial charge is 0.352 e. The summed E-state index contributed by atoms with van der Waals surface area (Å²) >= 11 is 0. The fraction of sp³-hybridized carbons (Fsp3) is 0.174. The maximum Gasteiger partial charge on any atom is 0.276 e. The predicted octanol–water partition coefficient (Wildman–Crippen LogP) is 3.18. The number of amides is 1. The smallest absolute Gasteiger partial charge is 0.276 e. The van der Waals surface area contributed by atoms with Crippen LogP contribution in [0.4, 0.5) is 0 Å². The van der Waals surface area contributed by atoms with Crippen LogP contribution in [0.3, 0.4) is 0 Å². The van der Waals surface area contributed by atoms with Crippen molar-refractivity contribution in [2.45, 2.75) is 26.4 Å². The van der Waals surface area contributed by atoms with E-state index in [4.69, 9.17) is 0 Å². The van der Waals surface area contributed by atoms with Crippen LogP contribution in [0.15, 0.2) is 77.9 Å². The Kier molecular flexibility index (Phi) is 5.24. The number of nitrogens with one attached hydrogen (secondary N) is 1. The first kappa shape index (κ1) is 18.7. The molecule has 6 nitrogen and oxygen atoms in total. The van der Waals surface area contributed by atoms with Crippen molar-refractivity contribution in [1.29, 1.82) is 0 Å². The van der Waals surface area contributed by atoms with E-state index >= 15 is 0 Å². The number of benzene rings is 2. The van der Waals surface area contributed by atoms with Gasteiger partial charge in [-0.05, 0) is 18.6 Å². The fourth-order valence-corrected chi connectivity index (χ4v) is 3.17. The third-order valence-electron chi connectivity index (χ3n) is 4.86. The average molecular weight is 386 g/mol. The fourth-order valence-electron chi connectivity index (χ4n) is 3.17. The molecule has 146 valence electrons. The summed E-state index contributed by atoms with van der Waals surface area (Å²) in [5, 5.41) is 7.38. The maximum atomic E-state index is 12.8. The van der Waals surface area contributed by atoms with Crippen molar-refractivity contribution in [3.05, 3.63) is 94.5 Å². The molecule has 0 spiro atoms. The lowest BCUT2D eigenvalue weighted by molar-refractivity contribution is -0.121. The van der Waals surface area contributed by atoms with Gasteiger partial charge in [0.15, 0.2) is 0 Å². The molecule has 0 saturated heterocycles. The number of aromatic nitrogens is 3. The summed E-state index contributed by atoms with van der Waals surface area (Å²) in [6.07, 6.45) is 3.66. The Morgan fingerprint density at radius 2 is 1.79 bits per heavy atom. The van der Waals surface area contributed by atoms with Gasteiger partial charge < -0.3 is 9.88 Å². The van der Waals surface area contributed by atoms with Gasteiger partial charge in [-0.1, -0.05) is 60.2 Å². The molecule has 4 rings (SSSR count). The number of carbonyl (C=O) groups is 1. The van der Waals surface area contributed by atoms with Gasteiger partial charge in [0.2, 0.25) is 5.91 Å². The molecule has 0 atom stereocenters. The molecule has 0 bridgehead atoms. The number of hydrogen-bond donors (Lipinski definition) is 1. The van der Waals surface area contributed by atoms with E-state index < -0.39 is 0 Å². The van der Waals surface area contributed by atoms with E-state index in [1.807, 2.05) is 61.5 Å². The van der Waals surface area contributed by atoms with Crippen LogP contribution in [-0.4, -0.2) is 20.1 Å². The molecule has 4 aromatic rings. The van der Waals surface area contributed by atoms with Crippen LogP contribution in [0.2, 0.25) is 0 Å². The number of rotatable bonds is 6. The van der Waals surface area contributed by atoms with E-state index in [9.17, 15) is 9.59 Å². The number of aryl methyl sites for hydroxylation is 2. The second kappa shape index (κ2) is 8.14. The highest BCUT2D eigenvalue weighted by molar-refractivity contribution is 5.75. The molecule has 0 saturated carbocycles. The molecule has 29 heavy (non-hydrogen) atoms. The summed E-state index contributed by atoms with van der Waals surface area (Å²) in [5.74, 6) is -0.0884. The van der Waals surface area contributed by atoms with Gasteiger partial charge in [-0.3, -0.25) is 9.59 Å². The summed E-state index contributed by atoms with van der Waals surface area (Å²) in [6.45, 7) is 2.83. The van der Waals surface area contributed by atoms with Crippen LogP contribution in [0.1, 0.15) is 17.5 Å². The molecule has 0 radical (unpaired) electrons. The number of hydrogen-bond acceptors (Lipinski definition) is 3. The molecule has 6 heteroatoms. The molecule has 1 N–H and O–H groups in total. The minimum absolute atomic E-state index is 0.0884. The summed E-state index contributed by atoms with van der Waals surface area (Å²) in [5.41, 5.74) is 4.26. The zero-order valence-corrected chi connectivity index (χ0v) is 16.2. The van der Waals surface area contributed by atoms with Crippen molar-refractivity contribution >= 4 is 11.4 Å². The lowest BCUT2D eigenvalue weighted by atomic mass is 10.1. The average Bonchev–Trinajstić information content (AvgIpc) is 3.18. The lowest BCUT2D eigenvalue weighted by Gasteiger charge is -2.07. The standard InChI is InChI=1S/C23H22N4O2/c1-17-7-9-19(10-8-17)20-15-21-23(29)26(13-14-27(21)25-20)12-11-22(28)24-16-18-5-3-2-4-6-18/h2-10,13-15H,11-12,16H2,1H3,(H,24,28). The van der Waals surface area contributed by atoms with Gasteiger partial charge in [-0.25, -0.2) is 4.52 Å². The van der Waals surface area contributed by atoms with Gasteiger partial charge in [-0.15, -0.1) is 0 Å². The van der Waals surface area contributed by atoms with Crippen LogP contribution >= 0.6 is 0 Å². The van der Waals surface area contributed by atoms with Crippen LogP contribution in [0.5, 0.6) is 0 Å². The first-order valence-corrected chi connectivity index (χ1v) is 9.57. The summed E-state index contributed by atoms with van der Waals surface area (Å²) in [6, 6.07) is 19.6. The van der Waals surface area contributed by atoms with Gasteiger partial charge in [0.1, 0.15) is 5.52 Å². The highest BCUT2D eigenvalue weighted by Crippen LogP contribution is 2.18. The Hall–Kier alpha value is -3.67. The highest BCUT2D eigenvalue weighted by Gasteiger charge is 2.10. The molecule has 1 amide bonds. The van der Waals surface area contributed by atoms with E-state index in [2.05, 4.69) is 10.4 Å². The SMILES string of the molecule is Cc1ccc(-c2cc3c(=O)n(CCC(=O)NCc4ccccc4)ccn3n2)cc1. The predicted molar refractivity (Wildman–Crippen MR) is 113 cm³/mol. The van der Waals surface area contributed by atoms with Gasteiger partial charge in [0.25, 0.3) is 5.56 Å². The Bertz CT molecular complexity index is 1190. The molecule has 2 heterocycles. The van der Waals surface area contributed by atoms with Gasteiger partial charge in [0.05, 0.1) is 5.69 Å². The molecule has 2 aromatic carbocycles. The monoisotopic (exact) mass is 386 g/mol. The number of carbonyl (C=O) groups excluding carboxylic acids is 1. The third kappa shape index (κ3) is 4.27. The second-order valence-electron chi connectivity index (χ2n) is 7.03. The Morgan fingerprint density at radius 3 is 2.55 bits per heavy atom. The van der Waals surface area contributed by atoms with Crippen LogP contribution < -0.4 is 10.9 Å². The first-order valence-electron chi connectivity index (χ1n) is 9.57. The molecule has 0 fully saturated rings. The molecule has 2 aromatic heterocycles. The van der Waals surface area contributed by atoms with Crippen molar-refractivity contribution in [1.82, 2.24) is 19.5 Å². The topological polar surface area (TPSA) is 68.4 Å². The van der Waals surface area contributed by atoms with E-state index in [-0.39, 0.29) is 17.9 Å². The maximum absolute atomic E-state index is 12.8. The van der Waals surface area contributed by atoms with Crippen molar-refractivity contribution in [3.63, 3.8) is 0 Å². The molecule has 0 aliphatic rings. The molecule has 0 aliphatic carbocycles. The van der Waals surface area contributed by atoms with Crippen molar-refractivity contribution < 1.29 is 4.79 Å². The minimum atomic E-state index is -0.158. The zero-order valence-electron chi connectivity index (χ0n) is 16.2. The van der Waals surface area contributed by atoms with Gasteiger partial charge in [-0.2, -0.15) is 5.10 Å². The molecular formula is C23H22N4O2. The number of fused-ring (bicyclic) bond motifs is 1. The van der Waals surface area contributed by atoms with Crippen LogP contribution in [-0.2, 0) is 17.9 Å². The Balaban J connectivity index is 1.45. The van der Waals surface area contributed by atoms with E-state index in [0.29, 0.717) is 18.6 Å². The second-order valence-corrected chi connectivity index (χ2v) is 7.03. The van der Waals surface area contributed by atoms with Gasteiger partial charge in [0, 0.05) is 37.5 Å². The van der Waals surface area contributed by atoms with Crippen molar-refractivity contribution in [3.8, 4) is 11.3 Å². The van der Waals surface area contributed by atoms with E-state index in [0.717, 1.165) is 16.8 Å². The molecule has 0 aliphatic heterocycles. The van der Waals surface area contributed by atoms with Crippen LogP contribution in [0, 0.1) is 6.92 Å². The third-order valence-corrected chi connectivity index (χ3v) is 4.86. The van der Waals surface area contributed by atoms with Gasteiger partial charge >= 0.3 is 0 Å². The minimum Gasteiger partial charge on any atom is -0.352 e. The molecular weight excluding hydrogens is 364 g/mol. The highest BCUT2D eigenvalue weighted by atomic mass is 16.1. The zero-order chi connectivity index (χ0) is 20.2. The molecule has 0 unspecified atom stereocenters. The Labute approximate surface area is 168 Å². The quantitative estimate of drug-likeness (QED) is 0.553. The van der Waals surface area contributed by atoms with Crippen molar-refractivity contribution in [2.75, 3.05) is 0 Å². The first-order chi connectivity index (χ1) is 14.1. The van der Waals surface area contributed by atoms with Crippen LogP contribution in [0.25, 0.3) is 16.8 Å². The normalized spacial score (nSPS) is 10.9. The van der Waals surface area contributed by atoms with E-state index in [1.54, 1.807) is 27.5 Å². The Morgan fingerprint density at radius 1 is 1.03 bits per heavy atom. The van der Waals surface area contributed by atoms with E-state index in [1.165, 1.54) is 5.56 Å². The summed E-state index contributed by atoms with van der Waals surface area (Å²) in [4.78, 5) is 24.9. The van der Waals surface area contributed by atoms with Crippen molar-refractivity contribution in [2.24, 2.45) is 0 Å². The summed E-state index contributed by atoms with van der Waals surface area (Å²) < 4.78 is 3.14. The lowest BCUT2D eigenvalue weighted by Crippen LogP contribution is -2.27. The summed E-state index contributed by atoms with van der Waals surface area (Å²) in [7, 11) is 0. The number of nitrogens with zero attached hydrogens (tertiary/aromatic N) is 3.